The fourth-order valence-corrected chi connectivity index (χ4v) is 2.94. The number of benzene rings is 1. The van der Waals surface area contributed by atoms with Gasteiger partial charge >= 0.3 is 0 Å². The minimum Gasteiger partial charge on any atom is -0.352 e. The van der Waals surface area contributed by atoms with Crippen molar-refractivity contribution in [1.29, 1.82) is 0 Å². The quantitative estimate of drug-likeness (QED) is 0.647. The number of hydrogen-bond donors (Lipinski definition) is 2. The number of aliphatic imine (C=N–C) groups is 1. The number of aryl methyl sites for hydroxylation is 1. The second-order valence-electron chi connectivity index (χ2n) is 6.76. The standard InChI is InChI=1S/C18H24F2N6/c1-11(2)17-24-16-7-5-14(10-26(16)25-17)23-18(21-3)22-9-12-8-13(19)4-6-15(12)20/h4,6,8,11,14H,5,7,9-10H2,1-3H3,(H2,21,22,23). The predicted molar refractivity (Wildman–Crippen MR) is 95.9 cm³/mol. The molecule has 0 spiro atoms. The van der Waals surface area contributed by atoms with Crippen LogP contribution in [-0.2, 0) is 19.5 Å². The highest BCUT2D eigenvalue weighted by Gasteiger charge is 2.23. The lowest BCUT2D eigenvalue weighted by atomic mass is 10.1. The first kappa shape index (κ1) is 18.3. The van der Waals surface area contributed by atoms with Gasteiger partial charge < -0.3 is 10.6 Å². The molecule has 0 bridgehead atoms. The Hall–Kier alpha value is -2.51. The Kier molecular flexibility index (Phi) is 5.49. The molecule has 0 fully saturated rings. The van der Waals surface area contributed by atoms with E-state index in [4.69, 9.17) is 0 Å². The molecule has 0 amide bonds. The zero-order valence-corrected chi connectivity index (χ0v) is 15.3. The molecular formula is C18H24F2N6. The molecular weight excluding hydrogens is 338 g/mol. The second-order valence-corrected chi connectivity index (χ2v) is 6.76. The molecule has 2 heterocycles. The van der Waals surface area contributed by atoms with Crippen LogP contribution in [0.3, 0.4) is 0 Å². The normalized spacial score (nSPS) is 17.3. The lowest BCUT2D eigenvalue weighted by Crippen LogP contribution is -2.46. The Morgan fingerprint density at radius 3 is 2.92 bits per heavy atom. The highest BCUT2D eigenvalue weighted by molar-refractivity contribution is 5.79. The highest BCUT2D eigenvalue weighted by atomic mass is 19.1. The average molecular weight is 362 g/mol. The summed E-state index contributed by atoms with van der Waals surface area (Å²) in [6.07, 6.45) is 1.75. The van der Waals surface area contributed by atoms with E-state index in [9.17, 15) is 8.78 Å². The number of guanidine groups is 1. The smallest absolute Gasteiger partial charge is 0.191 e. The lowest BCUT2D eigenvalue weighted by Gasteiger charge is -2.25. The molecule has 140 valence electrons. The van der Waals surface area contributed by atoms with Gasteiger partial charge in [0.15, 0.2) is 11.8 Å². The number of hydrogen-bond acceptors (Lipinski definition) is 3. The number of nitrogens with one attached hydrogen (secondary N) is 2. The lowest BCUT2D eigenvalue weighted by molar-refractivity contribution is 0.391. The number of aromatic nitrogens is 3. The first-order valence-corrected chi connectivity index (χ1v) is 8.81. The number of fused-ring (bicyclic) bond motifs is 1. The summed E-state index contributed by atoms with van der Waals surface area (Å²) in [6, 6.07) is 3.57. The molecule has 0 radical (unpaired) electrons. The van der Waals surface area contributed by atoms with E-state index in [-0.39, 0.29) is 18.2 Å². The summed E-state index contributed by atoms with van der Waals surface area (Å²) >= 11 is 0. The van der Waals surface area contributed by atoms with Gasteiger partial charge in [0.2, 0.25) is 0 Å². The van der Waals surface area contributed by atoms with Gasteiger partial charge in [-0.15, -0.1) is 0 Å². The van der Waals surface area contributed by atoms with Crippen LogP contribution in [0.2, 0.25) is 0 Å². The van der Waals surface area contributed by atoms with Crippen LogP contribution in [-0.4, -0.2) is 33.8 Å². The molecule has 0 aliphatic carbocycles. The summed E-state index contributed by atoms with van der Waals surface area (Å²) in [5, 5.41) is 10.9. The Balaban J connectivity index is 1.59. The third-order valence-electron chi connectivity index (χ3n) is 4.41. The molecule has 0 saturated heterocycles. The van der Waals surface area contributed by atoms with E-state index < -0.39 is 11.6 Å². The van der Waals surface area contributed by atoms with E-state index in [0.717, 1.165) is 36.6 Å². The summed E-state index contributed by atoms with van der Waals surface area (Å²) < 4.78 is 28.9. The minimum absolute atomic E-state index is 0.146. The summed E-state index contributed by atoms with van der Waals surface area (Å²) in [4.78, 5) is 8.75. The molecule has 6 nitrogen and oxygen atoms in total. The van der Waals surface area contributed by atoms with E-state index in [2.05, 4.69) is 39.6 Å². The van der Waals surface area contributed by atoms with Crippen molar-refractivity contribution in [3.8, 4) is 0 Å². The van der Waals surface area contributed by atoms with E-state index in [1.165, 1.54) is 6.07 Å². The maximum atomic E-state index is 13.7. The SMILES string of the molecule is CN=C(NCc1cc(F)ccc1F)NC1CCc2nc(C(C)C)nn2C1. The Morgan fingerprint density at radius 2 is 2.19 bits per heavy atom. The zero-order chi connectivity index (χ0) is 18.7. The molecule has 0 saturated carbocycles. The third kappa shape index (κ3) is 4.17. The molecule has 1 aliphatic rings. The molecule has 1 unspecified atom stereocenters. The first-order chi connectivity index (χ1) is 12.5. The van der Waals surface area contributed by atoms with E-state index >= 15 is 0 Å². The molecule has 1 atom stereocenters. The largest absolute Gasteiger partial charge is 0.352 e. The van der Waals surface area contributed by atoms with Crippen molar-refractivity contribution in [2.45, 2.75) is 51.7 Å². The van der Waals surface area contributed by atoms with Crippen LogP contribution in [0.15, 0.2) is 23.2 Å². The fraction of sp³-hybridized carbons (Fsp3) is 0.500. The predicted octanol–water partition coefficient (Wildman–Crippen LogP) is 2.36. The Morgan fingerprint density at radius 1 is 1.38 bits per heavy atom. The topological polar surface area (TPSA) is 67.1 Å². The van der Waals surface area contributed by atoms with Gasteiger partial charge in [0.1, 0.15) is 17.5 Å². The van der Waals surface area contributed by atoms with Crippen LogP contribution in [0.25, 0.3) is 0 Å². The molecule has 2 N–H and O–H groups in total. The van der Waals surface area contributed by atoms with Gasteiger partial charge in [-0.05, 0) is 24.6 Å². The second kappa shape index (κ2) is 7.80. The molecule has 26 heavy (non-hydrogen) atoms. The van der Waals surface area contributed by atoms with Crippen LogP contribution >= 0.6 is 0 Å². The van der Waals surface area contributed by atoms with Gasteiger partial charge in [0.25, 0.3) is 0 Å². The van der Waals surface area contributed by atoms with Crippen molar-refractivity contribution in [1.82, 2.24) is 25.4 Å². The van der Waals surface area contributed by atoms with Crippen LogP contribution in [0.1, 0.15) is 43.4 Å². The van der Waals surface area contributed by atoms with Gasteiger partial charge in [-0.25, -0.2) is 18.4 Å². The van der Waals surface area contributed by atoms with Gasteiger partial charge in [0.05, 0.1) is 6.54 Å². The van der Waals surface area contributed by atoms with Crippen molar-refractivity contribution in [3.63, 3.8) is 0 Å². The molecule has 1 aromatic carbocycles. The fourth-order valence-electron chi connectivity index (χ4n) is 2.94. The maximum Gasteiger partial charge on any atom is 0.191 e. The van der Waals surface area contributed by atoms with Crippen LogP contribution in [0.5, 0.6) is 0 Å². The van der Waals surface area contributed by atoms with Gasteiger partial charge in [-0.2, -0.15) is 5.10 Å². The zero-order valence-electron chi connectivity index (χ0n) is 15.3. The number of halogens is 2. The average Bonchev–Trinajstić information content (AvgIpc) is 3.05. The number of rotatable bonds is 4. The summed E-state index contributed by atoms with van der Waals surface area (Å²) in [5.74, 6) is 1.82. The van der Waals surface area contributed by atoms with Gasteiger partial charge in [0, 0.05) is 37.5 Å². The van der Waals surface area contributed by atoms with Crippen molar-refractivity contribution in [3.05, 3.63) is 47.0 Å². The minimum atomic E-state index is -0.460. The molecule has 1 aromatic heterocycles. The Labute approximate surface area is 151 Å². The summed E-state index contributed by atoms with van der Waals surface area (Å²) in [7, 11) is 1.65. The van der Waals surface area contributed by atoms with Crippen molar-refractivity contribution in [2.75, 3.05) is 7.05 Å². The van der Waals surface area contributed by atoms with Crippen LogP contribution in [0, 0.1) is 11.6 Å². The number of nitrogens with zero attached hydrogens (tertiary/aromatic N) is 4. The monoisotopic (exact) mass is 362 g/mol. The summed E-state index contributed by atoms with van der Waals surface area (Å²) in [6.45, 7) is 5.01. The Bertz CT molecular complexity index is 799. The maximum absolute atomic E-state index is 13.7. The van der Waals surface area contributed by atoms with E-state index in [1.54, 1.807) is 7.05 Å². The van der Waals surface area contributed by atoms with Crippen molar-refractivity contribution in [2.24, 2.45) is 4.99 Å². The van der Waals surface area contributed by atoms with Crippen LogP contribution in [0.4, 0.5) is 8.78 Å². The van der Waals surface area contributed by atoms with Crippen LogP contribution < -0.4 is 10.6 Å². The summed E-state index contributed by atoms with van der Waals surface area (Å²) in [5.41, 5.74) is 0.261. The van der Waals surface area contributed by atoms with E-state index in [1.807, 2.05) is 4.68 Å². The molecule has 8 heteroatoms. The van der Waals surface area contributed by atoms with Crippen molar-refractivity contribution >= 4 is 5.96 Å². The molecule has 2 aromatic rings. The van der Waals surface area contributed by atoms with Gasteiger partial charge in [-0.3, -0.25) is 4.99 Å². The first-order valence-electron chi connectivity index (χ1n) is 8.81. The van der Waals surface area contributed by atoms with Crippen molar-refractivity contribution < 1.29 is 8.78 Å². The molecule has 3 rings (SSSR count). The third-order valence-corrected chi connectivity index (χ3v) is 4.41. The van der Waals surface area contributed by atoms with Gasteiger partial charge in [-0.1, -0.05) is 13.8 Å². The molecule has 1 aliphatic heterocycles. The van der Waals surface area contributed by atoms with E-state index in [0.29, 0.717) is 18.4 Å². The highest BCUT2D eigenvalue weighted by Crippen LogP contribution is 2.17.